The van der Waals surface area contributed by atoms with Crippen molar-refractivity contribution in [3.63, 3.8) is 0 Å². The van der Waals surface area contributed by atoms with Gasteiger partial charge < -0.3 is 24.5 Å². The first-order chi connectivity index (χ1) is 19.5. The summed E-state index contributed by atoms with van der Waals surface area (Å²) in [6.45, 7) is 7.47. The van der Waals surface area contributed by atoms with Gasteiger partial charge in [-0.1, -0.05) is 45.0 Å². The topological polar surface area (TPSA) is 119 Å². The van der Waals surface area contributed by atoms with Crippen LogP contribution in [0.15, 0.2) is 71.6 Å². The van der Waals surface area contributed by atoms with Crippen LogP contribution in [0.4, 0.5) is 10.5 Å². The lowest BCUT2D eigenvalue weighted by Crippen LogP contribution is -2.40. The zero-order valence-corrected chi connectivity index (χ0v) is 24.4. The first kappa shape index (κ1) is 28.5. The van der Waals surface area contributed by atoms with Gasteiger partial charge in [0.2, 0.25) is 5.88 Å². The van der Waals surface area contributed by atoms with Crippen molar-refractivity contribution in [1.29, 1.82) is 0 Å². The molecule has 41 heavy (non-hydrogen) atoms. The zero-order valence-electron chi connectivity index (χ0n) is 23.6. The fourth-order valence-electron chi connectivity index (χ4n) is 4.84. The van der Waals surface area contributed by atoms with Gasteiger partial charge >= 0.3 is 6.09 Å². The molecule has 0 bridgehead atoms. The second-order valence-electron chi connectivity index (χ2n) is 11.1. The van der Waals surface area contributed by atoms with Crippen molar-refractivity contribution in [2.24, 2.45) is 0 Å². The van der Waals surface area contributed by atoms with E-state index >= 15 is 0 Å². The molecule has 2 heterocycles. The molecule has 3 aromatic carbocycles. The number of nitrogens with one attached hydrogen (secondary N) is 3. The number of rotatable bonds is 7. The van der Waals surface area contributed by atoms with E-state index in [1.54, 1.807) is 31.4 Å². The lowest BCUT2D eigenvalue weighted by Gasteiger charge is -2.22. The Balaban J connectivity index is 1.50. The number of carbonyl (C=O) groups excluding carboxylic acids is 1. The number of anilines is 1. The highest BCUT2D eigenvalue weighted by molar-refractivity contribution is 7.92. The van der Waals surface area contributed by atoms with Gasteiger partial charge in [0, 0.05) is 35.8 Å². The van der Waals surface area contributed by atoms with Crippen LogP contribution in [0.1, 0.15) is 39.2 Å². The standard InChI is InChI=1S/C31H35N3O6S/c1-31(2,3)21-8-10-23(11-9-21)34-41(36,37)25-12-13-27-26(19-25)28(20-6-5-7-24(18-20)38-4)29(33-27)40-30(35)32-22-14-16-39-17-15-22/h5-13,18-19,22,33-34H,14-17H2,1-4H3,(H,32,35). The number of benzene rings is 3. The van der Waals surface area contributed by atoms with Gasteiger partial charge in [-0.05, 0) is 71.8 Å². The number of H-pyrrole nitrogens is 1. The molecular weight excluding hydrogens is 542 g/mol. The molecule has 0 atom stereocenters. The van der Waals surface area contributed by atoms with Crippen LogP contribution >= 0.6 is 0 Å². The minimum atomic E-state index is -3.92. The van der Waals surface area contributed by atoms with E-state index in [0.29, 0.717) is 59.5 Å². The number of hydrogen-bond acceptors (Lipinski definition) is 6. The van der Waals surface area contributed by atoms with E-state index in [2.05, 4.69) is 35.8 Å². The average Bonchev–Trinajstić information content (AvgIpc) is 3.30. The maximum Gasteiger partial charge on any atom is 0.414 e. The molecular formula is C31H35N3O6S. The summed E-state index contributed by atoms with van der Waals surface area (Å²) in [5.41, 5.74) is 3.39. The summed E-state index contributed by atoms with van der Waals surface area (Å²) >= 11 is 0. The van der Waals surface area contributed by atoms with Gasteiger partial charge in [-0.3, -0.25) is 4.72 Å². The third kappa shape index (κ3) is 6.49. The van der Waals surface area contributed by atoms with E-state index in [-0.39, 0.29) is 22.2 Å². The second kappa shape index (κ2) is 11.5. The lowest BCUT2D eigenvalue weighted by molar-refractivity contribution is 0.0777. The van der Waals surface area contributed by atoms with Gasteiger partial charge in [0.15, 0.2) is 0 Å². The molecule has 9 nitrogen and oxygen atoms in total. The Hall–Kier alpha value is -4.02. The van der Waals surface area contributed by atoms with Gasteiger partial charge in [0.25, 0.3) is 10.0 Å². The zero-order chi connectivity index (χ0) is 29.2. The number of aromatic nitrogens is 1. The number of amides is 1. The Morgan fingerprint density at radius 2 is 1.73 bits per heavy atom. The molecule has 0 radical (unpaired) electrons. The normalized spacial score (nSPS) is 14.5. The molecule has 4 aromatic rings. The Morgan fingerprint density at radius 3 is 2.41 bits per heavy atom. The van der Waals surface area contributed by atoms with Crippen LogP contribution < -0.4 is 19.5 Å². The van der Waals surface area contributed by atoms with Crippen LogP contribution in [0.3, 0.4) is 0 Å². The lowest BCUT2D eigenvalue weighted by atomic mass is 9.87. The van der Waals surface area contributed by atoms with Gasteiger partial charge in [-0.2, -0.15) is 0 Å². The van der Waals surface area contributed by atoms with E-state index in [0.717, 1.165) is 5.56 Å². The van der Waals surface area contributed by atoms with E-state index in [9.17, 15) is 13.2 Å². The third-order valence-electron chi connectivity index (χ3n) is 7.15. The van der Waals surface area contributed by atoms with Crippen molar-refractivity contribution >= 4 is 32.7 Å². The molecule has 10 heteroatoms. The molecule has 0 unspecified atom stereocenters. The van der Waals surface area contributed by atoms with E-state index in [1.807, 2.05) is 36.4 Å². The number of aromatic amines is 1. The summed E-state index contributed by atoms with van der Waals surface area (Å²) < 4.78 is 46.1. The molecule has 1 aliphatic rings. The maximum atomic E-state index is 13.4. The largest absolute Gasteiger partial charge is 0.497 e. The quantitative estimate of drug-likeness (QED) is 0.240. The molecule has 216 valence electrons. The van der Waals surface area contributed by atoms with Crippen LogP contribution in [0, 0.1) is 0 Å². The molecule has 1 fully saturated rings. The van der Waals surface area contributed by atoms with E-state index in [1.165, 1.54) is 6.07 Å². The molecule has 1 aromatic heterocycles. The summed E-state index contributed by atoms with van der Waals surface area (Å²) in [5, 5.41) is 3.48. The van der Waals surface area contributed by atoms with Crippen molar-refractivity contribution in [3.8, 4) is 22.8 Å². The number of carbonyl (C=O) groups is 1. The van der Waals surface area contributed by atoms with Crippen molar-refractivity contribution in [3.05, 3.63) is 72.3 Å². The SMILES string of the molecule is COc1cccc(-c2c(OC(=O)NC3CCOCC3)[nH]c3ccc(S(=O)(=O)Nc4ccc(C(C)(C)C)cc4)cc23)c1. The Kier molecular flexibility index (Phi) is 7.97. The van der Waals surface area contributed by atoms with Crippen molar-refractivity contribution in [2.75, 3.05) is 25.0 Å². The molecule has 5 rings (SSSR count). The summed E-state index contributed by atoms with van der Waals surface area (Å²) in [4.78, 5) is 16.1. The number of methoxy groups -OCH3 is 1. The summed E-state index contributed by atoms with van der Waals surface area (Å²) in [5.74, 6) is 0.816. The monoisotopic (exact) mass is 577 g/mol. The highest BCUT2D eigenvalue weighted by atomic mass is 32.2. The number of hydrogen-bond donors (Lipinski definition) is 3. The minimum Gasteiger partial charge on any atom is -0.497 e. The fourth-order valence-corrected chi connectivity index (χ4v) is 5.92. The van der Waals surface area contributed by atoms with Crippen molar-refractivity contribution < 1.29 is 27.4 Å². The van der Waals surface area contributed by atoms with Crippen molar-refractivity contribution in [2.45, 2.75) is 50.0 Å². The number of ether oxygens (including phenoxy) is 3. The van der Waals surface area contributed by atoms with E-state index in [4.69, 9.17) is 14.2 Å². The summed E-state index contributed by atoms with van der Waals surface area (Å²) in [6.07, 6.45) is 0.816. The summed E-state index contributed by atoms with van der Waals surface area (Å²) in [7, 11) is -2.35. The molecule has 1 aliphatic heterocycles. The van der Waals surface area contributed by atoms with Gasteiger partial charge in [-0.15, -0.1) is 0 Å². The fraction of sp³-hybridized carbons (Fsp3) is 0.323. The first-order valence-electron chi connectivity index (χ1n) is 13.5. The van der Waals surface area contributed by atoms with Gasteiger partial charge in [0.05, 0.1) is 17.6 Å². The maximum absolute atomic E-state index is 13.4. The predicted octanol–water partition coefficient (Wildman–Crippen LogP) is 6.21. The Bertz CT molecular complexity index is 1650. The van der Waals surface area contributed by atoms with Crippen LogP contribution in [0.25, 0.3) is 22.0 Å². The van der Waals surface area contributed by atoms with Gasteiger partial charge in [0.1, 0.15) is 5.75 Å². The smallest absolute Gasteiger partial charge is 0.414 e. The molecule has 1 amide bonds. The number of fused-ring (bicyclic) bond motifs is 1. The van der Waals surface area contributed by atoms with Crippen LogP contribution in [-0.4, -0.2) is 45.9 Å². The van der Waals surface area contributed by atoms with Crippen LogP contribution in [0.5, 0.6) is 11.6 Å². The Labute approximate surface area is 240 Å². The third-order valence-corrected chi connectivity index (χ3v) is 8.52. The summed E-state index contributed by atoms with van der Waals surface area (Å²) in [6, 6.07) is 19.4. The average molecular weight is 578 g/mol. The molecule has 0 aliphatic carbocycles. The van der Waals surface area contributed by atoms with Crippen LogP contribution in [0.2, 0.25) is 0 Å². The van der Waals surface area contributed by atoms with Crippen LogP contribution in [-0.2, 0) is 20.2 Å². The molecule has 0 saturated carbocycles. The first-order valence-corrected chi connectivity index (χ1v) is 15.0. The Morgan fingerprint density at radius 1 is 1.00 bits per heavy atom. The number of sulfonamides is 1. The van der Waals surface area contributed by atoms with E-state index < -0.39 is 16.1 Å². The predicted molar refractivity (Wildman–Crippen MR) is 159 cm³/mol. The highest BCUT2D eigenvalue weighted by Crippen LogP contribution is 2.40. The molecule has 0 spiro atoms. The highest BCUT2D eigenvalue weighted by Gasteiger charge is 2.24. The minimum absolute atomic E-state index is 0.0406. The molecule has 3 N–H and O–H groups in total. The second-order valence-corrected chi connectivity index (χ2v) is 12.8. The van der Waals surface area contributed by atoms with Gasteiger partial charge in [-0.25, -0.2) is 13.2 Å². The van der Waals surface area contributed by atoms with Crippen molar-refractivity contribution in [1.82, 2.24) is 10.3 Å². The molecule has 1 saturated heterocycles.